The molecule has 182 valence electrons. The Morgan fingerprint density at radius 2 is 1.36 bits per heavy atom. The minimum atomic E-state index is -0.716. The number of carbonyl (C=O) groups excluding carboxylic acids is 4. The Balaban J connectivity index is 1.47. The quantitative estimate of drug-likeness (QED) is 0.289. The Hall–Kier alpha value is -4.63. The smallest absolute Gasteiger partial charge is 0.343 e. The molecule has 4 rings (SSSR count). The van der Waals surface area contributed by atoms with E-state index in [2.05, 4.69) is 10.1 Å². The average molecular weight is 507 g/mol. The second-order valence-corrected chi connectivity index (χ2v) is 7.79. The highest BCUT2D eigenvalue weighted by molar-refractivity contribution is 6.53. The van der Waals surface area contributed by atoms with E-state index in [0.717, 1.165) is 4.90 Å². The number of halogens is 1. The van der Waals surface area contributed by atoms with Crippen LogP contribution in [0.2, 0.25) is 0 Å². The van der Waals surface area contributed by atoms with Crippen LogP contribution in [0.15, 0.2) is 83.5 Å². The molecule has 1 aliphatic rings. The number of amides is 2. The Bertz CT molecular complexity index is 1380. The summed E-state index contributed by atoms with van der Waals surface area (Å²) >= 11 is 6.17. The molecule has 0 aromatic heterocycles. The molecule has 36 heavy (non-hydrogen) atoms. The summed E-state index contributed by atoms with van der Waals surface area (Å²) in [6.45, 7) is 0. The van der Waals surface area contributed by atoms with Gasteiger partial charge in [-0.3, -0.25) is 9.59 Å². The zero-order valence-electron chi connectivity index (χ0n) is 19.1. The Morgan fingerprint density at radius 1 is 0.778 bits per heavy atom. The van der Waals surface area contributed by atoms with E-state index >= 15 is 0 Å². The van der Waals surface area contributed by atoms with Gasteiger partial charge in [-0.05, 0) is 60.7 Å². The standard InChI is InChI=1S/C26H19ClN2O7/c1-34-19-5-3-4-6-20(19)36-26(33)16-7-11-17(12-8-16)28-22-21(27)23(30)29(24(22)31)18-13-9-15(10-14-18)25(32)35-2/h3-14,28H,1-2H3. The fourth-order valence-corrected chi connectivity index (χ4v) is 3.62. The van der Waals surface area contributed by atoms with E-state index in [1.54, 1.807) is 36.4 Å². The number of rotatable bonds is 7. The van der Waals surface area contributed by atoms with Gasteiger partial charge >= 0.3 is 11.9 Å². The van der Waals surface area contributed by atoms with Gasteiger partial charge in [0.15, 0.2) is 11.5 Å². The first kappa shape index (κ1) is 24.5. The van der Waals surface area contributed by atoms with Gasteiger partial charge in [-0.1, -0.05) is 23.7 Å². The lowest BCUT2D eigenvalue weighted by atomic mass is 10.2. The van der Waals surface area contributed by atoms with Crippen molar-refractivity contribution < 1.29 is 33.4 Å². The molecular weight excluding hydrogens is 488 g/mol. The molecule has 9 nitrogen and oxygen atoms in total. The van der Waals surface area contributed by atoms with E-state index in [4.69, 9.17) is 21.1 Å². The van der Waals surface area contributed by atoms with Crippen molar-refractivity contribution in [3.8, 4) is 11.5 Å². The van der Waals surface area contributed by atoms with Crippen molar-refractivity contribution in [1.82, 2.24) is 0 Å². The number of imide groups is 1. The van der Waals surface area contributed by atoms with Gasteiger partial charge in [0, 0.05) is 5.69 Å². The van der Waals surface area contributed by atoms with Crippen LogP contribution in [0, 0.1) is 0 Å². The van der Waals surface area contributed by atoms with Gasteiger partial charge in [-0.2, -0.15) is 0 Å². The summed E-state index contributed by atoms with van der Waals surface area (Å²) in [6.07, 6.45) is 0. The third kappa shape index (κ3) is 4.77. The number of nitrogens with zero attached hydrogens (tertiary/aromatic N) is 1. The molecular formula is C26H19ClN2O7. The number of hydrogen-bond donors (Lipinski definition) is 1. The van der Waals surface area contributed by atoms with E-state index < -0.39 is 23.8 Å². The largest absolute Gasteiger partial charge is 0.493 e. The van der Waals surface area contributed by atoms with Crippen molar-refractivity contribution >= 4 is 46.7 Å². The number of anilines is 2. The number of esters is 2. The third-order valence-electron chi connectivity index (χ3n) is 5.24. The number of hydrogen-bond acceptors (Lipinski definition) is 8. The van der Waals surface area contributed by atoms with E-state index in [0.29, 0.717) is 11.4 Å². The summed E-state index contributed by atoms with van der Waals surface area (Å²) in [5.74, 6) is -1.84. The highest BCUT2D eigenvalue weighted by atomic mass is 35.5. The lowest BCUT2D eigenvalue weighted by molar-refractivity contribution is -0.120. The maximum absolute atomic E-state index is 13.0. The second kappa shape index (κ2) is 10.3. The summed E-state index contributed by atoms with van der Waals surface area (Å²) < 4.78 is 15.2. The van der Waals surface area contributed by atoms with Crippen LogP contribution >= 0.6 is 11.6 Å². The first-order valence-electron chi connectivity index (χ1n) is 10.5. The fraction of sp³-hybridized carbons (Fsp3) is 0.0769. The van der Waals surface area contributed by atoms with Gasteiger partial charge in [-0.25, -0.2) is 14.5 Å². The lowest BCUT2D eigenvalue weighted by Crippen LogP contribution is -2.32. The highest BCUT2D eigenvalue weighted by Crippen LogP contribution is 2.31. The van der Waals surface area contributed by atoms with Crippen LogP contribution in [0.5, 0.6) is 11.5 Å². The molecule has 0 saturated carbocycles. The minimum absolute atomic E-state index is 0.122. The molecule has 3 aromatic rings. The predicted molar refractivity (Wildman–Crippen MR) is 131 cm³/mol. The third-order valence-corrected chi connectivity index (χ3v) is 5.59. The molecule has 0 aliphatic carbocycles. The van der Waals surface area contributed by atoms with Gasteiger partial charge < -0.3 is 19.5 Å². The highest BCUT2D eigenvalue weighted by Gasteiger charge is 2.39. The molecule has 3 aromatic carbocycles. The molecule has 2 amide bonds. The molecule has 0 spiro atoms. The van der Waals surface area contributed by atoms with Crippen molar-refractivity contribution in [3.63, 3.8) is 0 Å². The summed E-state index contributed by atoms with van der Waals surface area (Å²) in [5, 5.41) is 2.54. The number of ether oxygens (including phenoxy) is 3. The van der Waals surface area contributed by atoms with Gasteiger partial charge in [0.25, 0.3) is 11.8 Å². The molecule has 10 heteroatoms. The summed E-state index contributed by atoms with van der Waals surface area (Å²) in [7, 11) is 2.72. The predicted octanol–water partition coefficient (Wildman–Crippen LogP) is 4.14. The number of benzene rings is 3. The Kier molecular flexibility index (Phi) is 7.03. The second-order valence-electron chi connectivity index (χ2n) is 7.42. The van der Waals surface area contributed by atoms with E-state index in [-0.39, 0.29) is 33.3 Å². The SMILES string of the molecule is COC(=O)c1ccc(N2C(=O)C(Cl)=C(Nc3ccc(C(=O)Oc4ccccc4OC)cc3)C2=O)cc1. The number of methoxy groups -OCH3 is 2. The van der Waals surface area contributed by atoms with E-state index in [9.17, 15) is 19.2 Å². The van der Waals surface area contributed by atoms with Crippen LogP contribution < -0.4 is 19.7 Å². The molecule has 0 fully saturated rings. The molecule has 0 atom stereocenters. The summed E-state index contributed by atoms with van der Waals surface area (Å²) in [4.78, 5) is 50.7. The Labute approximate surface area is 210 Å². The molecule has 1 aliphatic heterocycles. The average Bonchev–Trinajstić information content (AvgIpc) is 3.11. The lowest BCUT2D eigenvalue weighted by Gasteiger charge is -2.15. The normalized spacial score (nSPS) is 13.0. The molecule has 0 saturated heterocycles. The summed E-state index contributed by atoms with van der Waals surface area (Å²) in [6, 6.07) is 18.6. The van der Waals surface area contributed by atoms with Crippen LogP contribution in [0.1, 0.15) is 20.7 Å². The number of carbonyl (C=O) groups is 4. The molecule has 1 N–H and O–H groups in total. The zero-order chi connectivity index (χ0) is 25.8. The number of nitrogens with one attached hydrogen (secondary N) is 1. The Morgan fingerprint density at radius 3 is 1.97 bits per heavy atom. The van der Waals surface area contributed by atoms with Gasteiger partial charge in [0.1, 0.15) is 10.7 Å². The van der Waals surface area contributed by atoms with Gasteiger partial charge in [0.2, 0.25) is 0 Å². The van der Waals surface area contributed by atoms with Crippen molar-refractivity contribution in [1.29, 1.82) is 0 Å². The van der Waals surface area contributed by atoms with Crippen LogP contribution in [0.3, 0.4) is 0 Å². The van der Waals surface area contributed by atoms with Crippen molar-refractivity contribution in [2.45, 2.75) is 0 Å². The van der Waals surface area contributed by atoms with Crippen molar-refractivity contribution in [2.24, 2.45) is 0 Å². The van der Waals surface area contributed by atoms with E-state index in [1.165, 1.54) is 50.6 Å². The molecule has 0 bridgehead atoms. The monoisotopic (exact) mass is 506 g/mol. The molecule has 0 unspecified atom stereocenters. The molecule has 0 radical (unpaired) electrons. The molecule has 1 heterocycles. The van der Waals surface area contributed by atoms with Crippen molar-refractivity contribution in [3.05, 3.63) is 94.7 Å². The van der Waals surface area contributed by atoms with Gasteiger partial charge in [-0.15, -0.1) is 0 Å². The maximum atomic E-state index is 13.0. The first-order valence-corrected chi connectivity index (χ1v) is 10.9. The summed E-state index contributed by atoms with van der Waals surface area (Å²) in [5.41, 5.74) is 1.06. The van der Waals surface area contributed by atoms with Crippen LogP contribution in [0.4, 0.5) is 11.4 Å². The van der Waals surface area contributed by atoms with Crippen molar-refractivity contribution in [2.75, 3.05) is 24.4 Å². The number of para-hydroxylation sites is 2. The minimum Gasteiger partial charge on any atom is -0.493 e. The van der Waals surface area contributed by atoms with Crippen LogP contribution in [-0.4, -0.2) is 38.0 Å². The maximum Gasteiger partial charge on any atom is 0.343 e. The topological polar surface area (TPSA) is 111 Å². The van der Waals surface area contributed by atoms with Crippen LogP contribution in [0.25, 0.3) is 0 Å². The van der Waals surface area contributed by atoms with Crippen LogP contribution in [-0.2, 0) is 14.3 Å². The first-order chi connectivity index (χ1) is 17.3. The fourth-order valence-electron chi connectivity index (χ4n) is 3.41. The van der Waals surface area contributed by atoms with Gasteiger partial charge in [0.05, 0.1) is 31.0 Å². The zero-order valence-corrected chi connectivity index (χ0v) is 19.9. The van der Waals surface area contributed by atoms with E-state index in [1.807, 2.05) is 0 Å².